The first-order valence-electron chi connectivity index (χ1n) is 6.51. The van der Waals surface area contributed by atoms with Crippen molar-refractivity contribution in [2.45, 2.75) is 18.9 Å². The first-order chi connectivity index (χ1) is 9.08. The Morgan fingerprint density at radius 3 is 2.74 bits per heavy atom. The Morgan fingerprint density at radius 1 is 1.42 bits per heavy atom. The molecule has 4 nitrogen and oxygen atoms in total. The minimum absolute atomic E-state index is 0.279. The minimum atomic E-state index is 0.279. The Kier molecular flexibility index (Phi) is 7.20. The molecule has 1 aromatic rings. The van der Waals surface area contributed by atoms with Gasteiger partial charge < -0.3 is 20.7 Å². The van der Waals surface area contributed by atoms with Gasteiger partial charge in [0.05, 0.1) is 18.0 Å². The standard InChI is InChI=1S/C14H24BrN3O/c1-18(2)14-7-6-11(15)9-13(14)17-12(10-19-3)5-4-8-16/h6-7,9,12,17H,4-5,8,10,16H2,1-3H3. The number of nitrogens with one attached hydrogen (secondary N) is 1. The zero-order valence-electron chi connectivity index (χ0n) is 11.9. The first kappa shape index (κ1) is 16.3. The van der Waals surface area contributed by atoms with Crippen LogP contribution in [0.2, 0.25) is 0 Å². The summed E-state index contributed by atoms with van der Waals surface area (Å²) >= 11 is 3.52. The fourth-order valence-corrected chi connectivity index (χ4v) is 2.36. The molecule has 0 heterocycles. The second-order valence-corrected chi connectivity index (χ2v) is 5.70. The van der Waals surface area contributed by atoms with Crippen molar-refractivity contribution >= 4 is 27.3 Å². The highest BCUT2D eigenvalue weighted by Crippen LogP contribution is 2.29. The SMILES string of the molecule is COCC(CCCN)Nc1cc(Br)ccc1N(C)C. The summed E-state index contributed by atoms with van der Waals surface area (Å²) in [4.78, 5) is 2.10. The van der Waals surface area contributed by atoms with Crippen LogP contribution in [0.1, 0.15) is 12.8 Å². The van der Waals surface area contributed by atoms with Crippen molar-refractivity contribution < 1.29 is 4.74 Å². The highest BCUT2D eigenvalue weighted by Gasteiger charge is 2.12. The molecule has 5 heteroatoms. The Hall–Kier alpha value is -0.780. The van der Waals surface area contributed by atoms with Crippen LogP contribution in [0.15, 0.2) is 22.7 Å². The number of methoxy groups -OCH3 is 1. The second-order valence-electron chi connectivity index (χ2n) is 4.78. The maximum absolute atomic E-state index is 5.58. The van der Waals surface area contributed by atoms with Gasteiger partial charge in [-0.15, -0.1) is 0 Å². The number of nitrogens with zero attached hydrogens (tertiary/aromatic N) is 1. The third-order valence-electron chi connectivity index (χ3n) is 2.92. The van der Waals surface area contributed by atoms with Crippen molar-refractivity contribution in [2.24, 2.45) is 5.73 Å². The fourth-order valence-electron chi connectivity index (χ4n) is 2.00. The van der Waals surface area contributed by atoms with Gasteiger partial charge in [0.1, 0.15) is 0 Å². The molecule has 0 amide bonds. The zero-order chi connectivity index (χ0) is 14.3. The van der Waals surface area contributed by atoms with Gasteiger partial charge in [-0.2, -0.15) is 0 Å². The lowest BCUT2D eigenvalue weighted by molar-refractivity contribution is 0.182. The van der Waals surface area contributed by atoms with E-state index in [0.29, 0.717) is 13.2 Å². The number of nitrogens with two attached hydrogens (primary N) is 1. The minimum Gasteiger partial charge on any atom is -0.383 e. The third-order valence-corrected chi connectivity index (χ3v) is 3.42. The van der Waals surface area contributed by atoms with E-state index in [1.807, 2.05) is 20.2 Å². The molecule has 0 bridgehead atoms. The topological polar surface area (TPSA) is 50.5 Å². The van der Waals surface area contributed by atoms with Crippen LogP contribution in [-0.4, -0.2) is 40.4 Å². The van der Waals surface area contributed by atoms with Crippen molar-refractivity contribution in [3.8, 4) is 0 Å². The Morgan fingerprint density at radius 2 is 2.16 bits per heavy atom. The molecule has 1 unspecified atom stereocenters. The highest BCUT2D eigenvalue weighted by atomic mass is 79.9. The molecule has 0 fully saturated rings. The monoisotopic (exact) mass is 329 g/mol. The number of halogens is 1. The molecule has 0 aromatic heterocycles. The maximum atomic E-state index is 5.58. The van der Waals surface area contributed by atoms with Crippen LogP contribution in [0.3, 0.4) is 0 Å². The van der Waals surface area contributed by atoms with Crippen molar-refractivity contribution in [3.05, 3.63) is 22.7 Å². The average molecular weight is 330 g/mol. The van der Waals surface area contributed by atoms with E-state index in [0.717, 1.165) is 28.7 Å². The van der Waals surface area contributed by atoms with Gasteiger partial charge in [0.2, 0.25) is 0 Å². The van der Waals surface area contributed by atoms with Crippen LogP contribution in [0, 0.1) is 0 Å². The normalized spacial score (nSPS) is 12.3. The largest absolute Gasteiger partial charge is 0.383 e. The number of ether oxygens (including phenoxy) is 1. The summed E-state index contributed by atoms with van der Waals surface area (Å²) in [6.45, 7) is 1.39. The number of hydrogen-bond acceptors (Lipinski definition) is 4. The summed E-state index contributed by atoms with van der Waals surface area (Å²) in [5, 5.41) is 3.55. The van der Waals surface area contributed by atoms with Gasteiger partial charge in [-0.1, -0.05) is 15.9 Å². The van der Waals surface area contributed by atoms with E-state index in [1.165, 1.54) is 0 Å². The number of rotatable bonds is 8. The predicted molar refractivity (Wildman–Crippen MR) is 86.0 cm³/mol. The van der Waals surface area contributed by atoms with Crippen molar-refractivity contribution in [3.63, 3.8) is 0 Å². The molecule has 0 saturated carbocycles. The molecule has 19 heavy (non-hydrogen) atoms. The Bertz CT molecular complexity index is 385. The smallest absolute Gasteiger partial charge is 0.0664 e. The molecular weight excluding hydrogens is 306 g/mol. The van der Waals surface area contributed by atoms with Crippen LogP contribution < -0.4 is 16.0 Å². The third kappa shape index (κ3) is 5.38. The Balaban J connectivity index is 2.84. The molecule has 0 aliphatic heterocycles. The predicted octanol–water partition coefficient (Wildman–Crippen LogP) is 2.68. The molecule has 0 aliphatic carbocycles. The molecular formula is C14H24BrN3O. The molecule has 0 spiro atoms. The van der Waals surface area contributed by atoms with E-state index in [-0.39, 0.29) is 6.04 Å². The lowest BCUT2D eigenvalue weighted by Gasteiger charge is -2.24. The summed E-state index contributed by atoms with van der Waals surface area (Å²) in [5.74, 6) is 0. The van der Waals surface area contributed by atoms with Gasteiger partial charge in [-0.3, -0.25) is 0 Å². The van der Waals surface area contributed by atoms with E-state index in [9.17, 15) is 0 Å². The lowest BCUT2D eigenvalue weighted by atomic mass is 10.1. The summed E-state index contributed by atoms with van der Waals surface area (Å²) in [6, 6.07) is 6.52. The summed E-state index contributed by atoms with van der Waals surface area (Å²) in [5.41, 5.74) is 7.86. The zero-order valence-corrected chi connectivity index (χ0v) is 13.5. The maximum Gasteiger partial charge on any atom is 0.0664 e. The highest BCUT2D eigenvalue weighted by molar-refractivity contribution is 9.10. The number of hydrogen-bond donors (Lipinski definition) is 2. The number of anilines is 2. The molecule has 0 saturated heterocycles. The molecule has 108 valence electrons. The van der Waals surface area contributed by atoms with Gasteiger partial charge in [0.25, 0.3) is 0 Å². The van der Waals surface area contributed by atoms with Crippen LogP contribution in [0.4, 0.5) is 11.4 Å². The van der Waals surface area contributed by atoms with Crippen LogP contribution >= 0.6 is 15.9 Å². The van der Waals surface area contributed by atoms with Gasteiger partial charge in [-0.05, 0) is 37.6 Å². The van der Waals surface area contributed by atoms with E-state index in [1.54, 1.807) is 7.11 Å². The second kappa shape index (κ2) is 8.40. The van der Waals surface area contributed by atoms with Gasteiger partial charge >= 0.3 is 0 Å². The van der Waals surface area contributed by atoms with Crippen LogP contribution in [0.25, 0.3) is 0 Å². The molecule has 0 radical (unpaired) electrons. The van der Waals surface area contributed by atoms with Gasteiger partial charge in [0, 0.05) is 31.7 Å². The van der Waals surface area contributed by atoms with Crippen LogP contribution in [0.5, 0.6) is 0 Å². The summed E-state index contributed by atoms with van der Waals surface area (Å²) < 4.78 is 6.34. The molecule has 1 atom stereocenters. The van der Waals surface area contributed by atoms with E-state index < -0.39 is 0 Å². The van der Waals surface area contributed by atoms with E-state index >= 15 is 0 Å². The van der Waals surface area contributed by atoms with Crippen LogP contribution in [-0.2, 0) is 4.74 Å². The molecule has 1 aromatic carbocycles. The van der Waals surface area contributed by atoms with Gasteiger partial charge in [-0.25, -0.2) is 0 Å². The van der Waals surface area contributed by atoms with E-state index in [2.05, 4.69) is 38.3 Å². The summed E-state index contributed by atoms with van der Waals surface area (Å²) in [7, 11) is 5.81. The summed E-state index contributed by atoms with van der Waals surface area (Å²) in [6.07, 6.45) is 2.00. The van der Waals surface area contributed by atoms with Crippen molar-refractivity contribution in [1.29, 1.82) is 0 Å². The molecule has 1 rings (SSSR count). The van der Waals surface area contributed by atoms with Crippen molar-refractivity contribution in [2.75, 3.05) is 44.6 Å². The van der Waals surface area contributed by atoms with Crippen molar-refractivity contribution in [1.82, 2.24) is 0 Å². The molecule has 3 N–H and O–H groups in total. The number of benzene rings is 1. The Labute approximate surface area is 124 Å². The van der Waals surface area contributed by atoms with Gasteiger partial charge in [0.15, 0.2) is 0 Å². The molecule has 0 aliphatic rings. The average Bonchev–Trinajstić information content (AvgIpc) is 2.36. The quantitative estimate of drug-likeness (QED) is 0.769. The first-order valence-corrected chi connectivity index (χ1v) is 7.30. The van der Waals surface area contributed by atoms with E-state index in [4.69, 9.17) is 10.5 Å². The fraction of sp³-hybridized carbons (Fsp3) is 0.571. The lowest BCUT2D eigenvalue weighted by Crippen LogP contribution is -2.27.